The molecular weight excluding hydrogens is 285 g/mol. The molecule has 1 heterocycles. The first kappa shape index (κ1) is 12.6. The second-order valence-corrected chi connectivity index (χ2v) is 4.98. The fourth-order valence-electron chi connectivity index (χ4n) is 1.77. The van der Waals surface area contributed by atoms with E-state index in [4.69, 9.17) is 4.42 Å². The molecule has 1 atom stereocenters. The van der Waals surface area contributed by atoms with Gasteiger partial charge in [-0.15, -0.1) is 0 Å². The maximum atomic E-state index is 13.2. The number of fused-ring (bicyclic) bond motifs is 1. The molecular formula is C13H15BrFNO. The summed E-state index contributed by atoms with van der Waals surface area (Å²) in [4.78, 5) is 0. The quantitative estimate of drug-likeness (QED) is 0.905. The zero-order valence-corrected chi connectivity index (χ0v) is 11.5. The Balaban J connectivity index is 2.34. The van der Waals surface area contributed by atoms with E-state index in [2.05, 4.69) is 28.2 Å². The lowest BCUT2D eigenvalue weighted by Gasteiger charge is -2.09. The first-order valence-corrected chi connectivity index (χ1v) is 6.53. The lowest BCUT2D eigenvalue weighted by atomic mass is 10.2. The van der Waals surface area contributed by atoms with Crippen LogP contribution in [0, 0.1) is 5.82 Å². The molecule has 17 heavy (non-hydrogen) atoms. The predicted molar refractivity (Wildman–Crippen MR) is 70.6 cm³/mol. The molecule has 92 valence electrons. The van der Waals surface area contributed by atoms with Crippen LogP contribution in [0.1, 0.15) is 32.1 Å². The first-order chi connectivity index (χ1) is 8.11. The van der Waals surface area contributed by atoms with E-state index in [9.17, 15) is 4.39 Å². The highest BCUT2D eigenvalue weighted by atomic mass is 79.9. The SMILES string of the molecule is CCCNC(C)c1cc2cc(F)cc(Br)c2o1. The van der Waals surface area contributed by atoms with Gasteiger partial charge < -0.3 is 9.73 Å². The van der Waals surface area contributed by atoms with Crippen molar-refractivity contribution in [2.45, 2.75) is 26.3 Å². The Morgan fingerprint density at radius 2 is 2.18 bits per heavy atom. The zero-order chi connectivity index (χ0) is 12.4. The number of hydrogen-bond donors (Lipinski definition) is 1. The predicted octanol–water partition coefficient (Wildman–Crippen LogP) is 4.40. The summed E-state index contributed by atoms with van der Waals surface area (Å²) in [6.45, 7) is 5.09. The van der Waals surface area contributed by atoms with Crippen molar-refractivity contribution >= 4 is 26.9 Å². The van der Waals surface area contributed by atoms with Gasteiger partial charge in [-0.1, -0.05) is 6.92 Å². The minimum Gasteiger partial charge on any atom is -0.458 e. The van der Waals surface area contributed by atoms with Gasteiger partial charge >= 0.3 is 0 Å². The molecule has 0 saturated heterocycles. The third-order valence-corrected chi connectivity index (χ3v) is 3.27. The molecule has 2 aromatic rings. The summed E-state index contributed by atoms with van der Waals surface area (Å²) in [6, 6.07) is 4.92. The molecule has 0 fully saturated rings. The summed E-state index contributed by atoms with van der Waals surface area (Å²) in [5.74, 6) is 0.575. The average molecular weight is 300 g/mol. The van der Waals surface area contributed by atoms with Crippen LogP contribution in [0.2, 0.25) is 0 Å². The smallest absolute Gasteiger partial charge is 0.148 e. The van der Waals surface area contributed by atoms with E-state index in [1.165, 1.54) is 12.1 Å². The lowest BCUT2D eigenvalue weighted by molar-refractivity contribution is 0.451. The van der Waals surface area contributed by atoms with Gasteiger partial charge in [-0.25, -0.2) is 4.39 Å². The number of nitrogens with one attached hydrogen (secondary N) is 1. The second-order valence-electron chi connectivity index (χ2n) is 4.13. The Kier molecular flexibility index (Phi) is 3.84. The third kappa shape index (κ3) is 2.69. The van der Waals surface area contributed by atoms with E-state index in [-0.39, 0.29) is 11.9 Å². The Bertz CT molecular complexity index is 523. The minimum atomic E-state index is -0.258. The highest BCUT2D eigenvalue weighted by Gasteiger charge is 2.13. The van der Waals surface area contributed by atoms with Gasteiger partial charge in [0, 0.05) is 5.39 Å². The van der Waals surface area contributed by atoms with E-state index >= 15 is 0 Å². The van der Waals surface area contributed by atoms with Crippen LogP contribution in [0.4, 0.5) is 4.39 Å². The fraction of sp³-hybridized carbons (Fsp3) is 0.385. The van der Waals surface area contributed by atoms with Gasteiger partial charge in [-0.05, 0) is 54.0 Å². The molecule has 1 aromatic heterocycles. The van der Waals surface area contributed by atoms with Crippen LogP contribution in [-0.4, -0.2) is 6.54 Å². The van der Waals surface area contributed by atoms with E-state index in [0.29, 0.717) is 10.1 Å². The van der Waals surface area contributed by atoms with Crippen LogP contribution < -0.4 is 5.32 Å². The van der Waals surface area contributed by atoms with E-state index < -0.39 is 0 Å². The van der Waals surface area contributed by atoms with E-state index in [0.717, 1.165) is 24.1 Å². The number of rotatable bonds is 4. The van der Waals surface area contributed by atoms with Crippen LogP contribution in [0.3, 0.4) is 0 Å². The van der Waals surface area contributed by atoms with Crippen LogP contribution in [0.5, 0.6) is 0 Å². The number of benzene rings is 1. The molecule has 0 spiro atoms. The molecule has 0 aliphatic carbocycles. The molecule has 0 saturated carbocycles. The van der Waals surface area contributed by atoms with Gasteiger partial charge in [0.1, 0.15) is 17.2 Å². The van der Waals surface area contributed by atoms with Crippen molar-refractivity contribution in [3.05, 3.63) is 34.2 Å². The maximum absolute atomic E-state index is 13.2. The van der Waals surface area contributed by atoms with Gasteiger partial charge in [-0.2, -0.15) is 0 Å². The Labute approximate surface area is 108 Å². The monoisotopic (exact) mass is 299 g/mol. The Hall–Kier alpha value is -0.870. The number of halogens is 2. The summed E-state index contributed by atoms with van der Waals surface area (Å²) in [5.41, 5.74) is 0.701. The second kappa shape index (κ2) is 5.19. The summed E-state index contributed by atoms with van der Waals surface area (Å²) in [5, 5.41) is 4.13. The van der Waals surface area contributed by atoms with Crippen LogP contribution in [0.15, 0.2) is 27.1 Å². The molecule has 0 amide bonds. The van der Waals surface area contributed by atoms with Gasteiger partial charge in [0.05, 0.1) is 10.5 Å². The lowest BCUT2D eigenvalue weighted by Crippen LogP contribution is -2.18. The summed E-state index contributed by atoms with van der Waals surface area (Å²) in [7, 11) is 0. The van der Waals surface area contributed by atoms with E-state index in [1.54, 1.807) is 0 Å². The van der Waals surface area contributed by atoms with Crippen molar-refractivity contribution in [3.63, 3.8) is 0 Å². The summed E-state index contributed by atoms with van der Waals surface area (Å²) in [6.07, 6.45) is 1.07. The Morgan fingerprint density at radius 1 is 1.41 bits per heavy atom. The molecule has 1 N–H and O–H groups in total. The van der Waals surface area contributed by atoms with Crippen molar-refractivity contribution in [3.8, 4) is 0 Å². The van der Waals surface area contributed by atoms with Crippen molar-refractivity contribution in [1.82, 2.24) is 5.32 Å². The normalized spacial score (nSPS) is 13.2. The molecule has 0 aliphatic rings. The number of furan rings is 1. The largest absolute Gasteiger partial charge is 0.458 e. The minimum absolute atomic E-state index is 0.136. The average Bonchev–Trinajstić information content (AvgIpc) is 2.69. The van der Waals surface area contributed by atoms with Gasteiger partial charge in [0.25, 0.3) is 0 Å². The highest BCUT2D eigenvalue weighted by Crippen LogP contribution is 2.30. The highest BCUT2D eigenvalue weighted by molar-refractivity contribution is 9.10. The van der Waals surface area contributed by atoms with Gasteiger partial charge in [0.2, 0.25) is 0 Å². The molecule has 0 bridgehead atoms. The van der Waals surface area contributed by atoms with Crippen molar-refractivity contribution in [1.29, 1.82) is 0 Å². The Morgan fingerprint density at radius 3 is 2.88 bits per heavy atom. The first-order valence-electron chi connectivity index (χ1n) is 5.73. The topological polar surface area (TPSA) is 25.2 Å². The molecule has 2 rings (SSSR count). The molecule has 2 nitrogen and oxygen atoms in total. The molecule has 0 radical (unpaired) electrons. The zero-order valence-electron chi connectivity index (χ0n) is 9.89. The van der Waals surface area contributed by atoms with E-state index in [1.807, 2.05) is 13.0 Å². The molecule has 4 heteroatoms. The maximum Gasteiger partial charge on any atom is 0.148 e. The molecule has 1 unspecified atom stereocenters. The molecule has 0 aliphatic heterocycles. The van der Waals surface area contributed by atoms with Crippen molar-refractivity contribution in [2.75, 3.05) is 6.54 Å². The third-order valence-electron chi connectivity index (χ3n) is 2.68. The van der Waals surface area contributed by atoms with Crippen molar-refractivity contribution in [2.24, 2.45) is 0 Å². The van der Waals surface area contributed by atoms with Crippen molar-refractivity contribution < 1.29 is 8.81 Å². The van der Waals surface area contributed by atoms with Gasteiger partial charge in [-0.3, -0.25) is 0 Å². The fourth-order valence-corrected chi connectivity index (χ4v) is 2.30. The van der Waals surface area contributed by atoms with Crippen LogP contribution >= 0.6 is 15.9 Å². The van der Waals surface area contributed by atoms with Gasteiger partial charge in [0.15, 0.2) is 0 Å². The standard InChI is InChI=1S/C13H15BrFNO/c1-3-4-16-8(2)12-6-9-5-10(15)7-11(14)13(9)17-12/h5-8,16H,3-4H2,1-2H3. The summed E-state index contributed by atoms with van der Waals surface area (Å²) < 4.78 is 19.6. The number of hydrogen-bond acceptors (Lipinski definition) is 2. The summed E-state index contributed by atoms with van der Waals surface area (Å²) >= 11 is 3.31. The van der Waals surface area contributed by atoms with Crippen LogP contribution in [0.25, 0.3) is 11.0 Å². The van der Waals surface area contributed by atoms with Crippen LogP contribution in [-0.2, 0) is 0 Å². The molecule has 1 aromatic carbocycles.